The highest BCUT2D eigenvalue weighted by Crippen LogP contribution is 2.45. The third-order valence-corrected chi connectivity index (χ3v) is 3.68. The van der Waals surface area contributed by atoms with Crippen LogP contribution in [0.25, 0.3) is 0 Å². The van der Waals surface area contributed by atoms with Crippen LogP contribution in [0.3, 0.4) is 0 Å². The van der Waals surface area contributed by atoms with Gasteiger partial charge in [-0.25, -0.2) is 0 Å². The molecule has 0 atom stereocenters. The molecular formula is C11H13N3. The lowest BCUT2D eigenvalue weighted by molar-refractivity contribution is 0.314. The molecular weight excluding hydrogens is 174 g/mol. The number of nitrogens with one attached hydrogen (secondary N) is 1. The first-order valence-corrected chi connectivity index (χ1v) is 5.34. The number of hydrogen-bond acceptors (Lipinski definition) is 2. The topological polar surface area (TPSA) is 52.5 Å². The first-order chi connectivity index (χ1) is 6.86. The smallest absolute Gasteiger partial charge is 0.101 e. The number of aromatic nitrogens is 2. The Kier molecular flexibility index (Phi) is 1.49. The zero-order valence-electron chi connectivity index (χ0n) is 8.14. The molecule has 3 heteroatoms. The van der Waals surface area contributed by atoms with Crippen LogP contribution < -0.4 is 0 Å². The van der Waals surface area contributed by atoms with Crippen LogP contribution in [-0.4, -0.2) is 10.2 Å². The fraction of sp³-hybridized carbons (Fsp3) is 0.636. The van der Waals surface area contributed by atoms with Gasteiger partial charge in [-0.2, -0.15) is 10.4 Å². The van der Waals surface area contributed by atoms with E-state index >= 15 is 0 Å². The molecule has 1 heterocycles. The van der Waals surface area contributed by atoms with Crippen molar-refractivity contribution in [2.24, 2.45) is 0 Å². The normalized spacial score (nSPS) is 22.5. The molecule has 2 aliphatic carbocycles. The Hall–Kier alpha value is -1.30. The summed E-state index contributed by atoms with van der Waals surface area (Å²) < 4.78 is 0. The highest BCUT2D eigenvalue weighted by Gasteiger charge is 2.43. The summed E-state index contributed by atoms with van der Waals surface area (Å²) in [4.78, 5) is 0. The summed E-state index contributed by atoms with van der Waals surface area (Å²) in [6.45, 7) is 0. The molecule has 0 bridgehead atoms. The SMILES string of the molecule is N#CC1(c2n[nH]c3c2CCC3)CCC1. The molecule has 72 valence electrons. The summed E-state index contributed by atoms with van der Waals surface area (Å²) in [5.41, 5.74) is 3.47. The third-order valence-electron chi connectivity index (χ3n) is 3.68. The minimum absolute atomic E-state index is 0.228. The van der Waals surface area contributed by atoms with Gasteiger partial charge in [0.05, 0.1) is 11.8 Å². The van der Waals surface area contributed by atoms with Gasteiger partial charge in [0.25, 0.3) is 0 Å². The average Bonchev–Trinajstić information content (AvgIpc) is 2.67. The lowest BCUT2D eigenvalue weighted by atomic mass is 9.67. The molecule has 0 amide bonds. The largest absolute Gasteiger partial charge is 0.282 e. The summed E-state index contributed by atoms with van der Waals surface area (Å²) in [6, 6.07) is 2.46. The molecule has 0 aromatic carbocycles. The van der Waals surface area contributed by atoms with Gasteiger partial charge >= 0.3 is 0 Å². The van der Waals surface area contributed by atoms with Gasteiger partial charge in [-0.05, 0) is 44.1 Å². The number of aromatic amines is 1. The van der Waals surface area contributed by atoms with Crippen LogP contribution in [0.1, 0.15) is 42.6 Å². The Bertz CT molecular complexity index is 407. The Morgan fingerprint density at radius 3 is 2.79 bits per heavy atom. The molecule has 1 fully saturated rings. The summed E-state index contributed by atoms with van der Waals surface area (Å²) >= 11 is 0. The summed E-state index contributed by atoms with van der Waals surface area (Å²) in [5, 5.41) is 16.7. The second-order valence-electron chi connectivity index (χ2n) is 4.43. The zero-order chi connectivity index (χ0) is 9.60. The molecule has 0 saturated heterocycles. The molecule has 1 N–H and O–H groups in total. The molecule has 2 aliphatic rings. The van der Waals surface area contributed by atoms with Crippen molar-refractivity contribution in [3.8, 4) is 6.07 Å². The van der Waals surface area contributed by atoms with E-state index in [2.05, 4.69) is 16.3 Å². The number of nitrogens with zero attached hydrogens (tertiary/aromatic N) is 2. The number of H-pyrrole nitrogens is 1. The summed E-state index contributed by atoms with van der Waals surface area (Å²) in [5.74, 6) is 0. The first kappa shape index (κ1) is 8.05. The molecule has 1 aromatic rings. The van der Waals surface area contributed by atoms with Crippen molar-refractivity contribution in [1.29, 1.82) is 5.26 Å². The van der Waals surface area contributed by atoms with Crippen molar-refractivity contribution in [3.63, 3.8) is 0 Å². The van der Waals surface area contributed by atoms with Gasteiger partial charge in [0, 0.05) is 5.69 Å². The lowest BCUT2D eigenvalue weighted by Gasteiger charge is -2.34. The van der Waals surface area contributed by atoms with E-state index in [1.165, 1.54) is 24.1 Å². The standard InChI is InChI=1S/C11H13N3/c12-7-11(5-2-6-11)10-8-3-1-4-9(8)13-14-10/h1-6H2,(H,13,14). The van der Waals surface area contributed by atoms with Crippen LogP contribution in [0.15, 0.2) is 0 Å². The Labute approximate surface area is 83.1 Å². The Morgan fingerprint density at radius 1 is 1.29 bits per heavy atom. The zero-order valence-corrected chi connectivity index (χ0v) is 8.14. The Balaban J connectivity index is 2.08. The monoisotopic (exact) mass is 187 g/mol. The fourth-order valence-corrected chi connectivity index (χ4v) is 2.65. The van der Waals surface area contributed by atoms with Crippen molar-refractivity contribution in [2.45, 2.75) is 43.9 Å². The van der Waals surface area contributed by atoms with Crippen LogP contribution in [-0.2, 0) is 18.3 Å². The minimum Gasteiger partial charge on any atom is -0.282 e. The number of rotatable bonds is 1. The maximum atomic E-state index is 9.24. The highest BCUT2D eigenvalue weighted by molar-refractivity contribution is 5.40. The van der Waals surface area contributed by atoms with Crippen molar-refractivity contribution in [3.05, 3.63) is 17.0 Å². The summed E-state index contributed by atoms with van der Waals surface area (Å²) in [7, 11) is 0. The molecule has 0 spiro atoms. The molecule has 0 radical (unpaired) electrons. The van der Waals surface area contributed by atoms with Crippen LogP contribution in [0, 0.1) is 11.3 Å². The van der Waals surface area contributed by atoms with Gasteiger partial charge in [0.15, 0.2) is 0 Å². The Morgan fingerprint density at radius 2 is 2.14 bits per heavy atom. The maximum Gasteiger partial charge on any atom is 0.101 e. The van der Waals surface area contributed by atoms with E-state index in [0.717, 1.165) is 31.4 Å². The second-order valence-corrected chi connectivity index (χ2v) is 4.43. The van der Waals surface area contributed by atoms with Crippen LogP contribution >= 0.6 is 0 Å². The van der Waals surface area contributed by atoms with E-state index in [-0.39, 0.29) is 5.41 Å². The van der Waals surface area contributed by atoms with Crippen molar-refractivity contribution < 1.29 is 0 Å². The molecule has 0 aliphatic heterocycles. The molecule has 3 nitrogen and oxygen atoms in total. The number of aryl methyl sites for hydroxylation is 1. The van der Waals surface area contributed by atoms with Crippen molar-refractivity contribution in [2.75, 3.05) is 0 Å². The van der Waals surface area contributed by atoms with Crippen molar-refractivity contribution in [1.82, 2.24) is 10.2 Å². The average molecular weight is 187 g/mol. The number of nitriles is 1. The van der Waals surface area contributed by atoms with Gasteiger partial charge in [0.1, 0.15) is 5.41 Å². The van der Waals surface area contributed by atoms with E-state index in [1.807, 2.05) is 0 Å². The molecule has 1 aromatic heterocycles. The third kappa shape index (κ3) is 0.836. The lowest BCUT2D eigenvalue weighted by Crippen LogP contribution is -2.33. The fourth-order valence-electron chi connectivity index (χ4n) is 2.65. The van der Waals surface area contributed by atoms with Gasteiger partial charge < -0.3 is 0 Å². The minimum atomic E-state index is -0.228. The predicted octanol–water partition coefficient (Wildman–Crippen LogP) is 1.84. The number of fused-ring (bicyclic) bond motifs is 1. The van der Waals surface area contributed by atoms with Gasteiger partial charge in [0.2, 0.25) is 0 Å². The maximum absolute atomic E-state index is 9.24. The van der Waals surface area contributed by atoms with Crippen LogP contribution in [0.5, 0.6) is 0 Å². The van der Waals surface area contributed by atoms with E-state index < -0.39 is 0 Å². The quantitative estimate of drug-likeness (QED) is 0.729. The van der Waals surface area contributed by atoms with Gasteiger partial charge in [-0.15, -0.1) is 0 Å². The van der Waals surface area contributed by atoms with Crippen LogP contribution in [0.2, 0.25) is 0 Å². The van der Waals surface area contributed by atoms with E-state index in [9.17, 15) is 5.26 Å². The number of hydrogen-bond donors (Lipinski definition) is 1. The molecule has 0 unspecified atom stereocenters. The highest BCUT2D eigenvalue weighted by atomic mass is 15.1. The first-order valence-electron chi connectivity index (χ1n) is 5.34. The van der Waals surface area contributed by atoms with E-state index in [0.29, 0.717) is 0 Å². The van der Waals surface area contributed by atoms with E-state index in [1.54, 1.807) is 0 Å². The molecule has 3 rings (SSSR count). The molecule has 14 heavy (non-hydrogen) atoms. The van der Waals surface area contributed by atoms with Crippen molar-refractivity contribution >= 4 is 0 Å². The second kappa shape index (κ2) is 2.60. The van der Waals surface area contributed by atoms with Crippen LogP contribution in [0.4, 0.5) is 0 Å². The van der Waals surface area contributed by atoms with Gasteiger partial charge in [-0.3, -0.25) is 5.10 Å². The summed E-state index contributed by atoms with van der Waals surface area (Å²) in [6.07, 6.45) is 6.63. The van der Waals surface area contributed by atoms with Gasteiger partial charge in [-0.1, -0.05) is 0 Å². The van der Waals surface area contributed by atoms with E-state index in [4.69, 9.17) is 0 Å². The molecule has 1 saturated carbocycles. The predicted molar refractivity (Wildman–Crippen MR) is 51.8 cm³/mol.